The van der Waals surface area contributed by atoms with Crippen molar-refractivity contribution in [2.45, 2.75) is 51.2 Å². The van der Waals surface area contributed by atoms with Gasteiger partial charge in [-0.05, 0) is 87.4 Å². The van der Waals surface area contributed by atoms with Crippen molar-refractivity contribution >= 4 is 23.6 Å². The fourth-order valence-electron chi connectivity index (χ4n) is 4.83. The molecule has 3 rings (SSSR count). The van der Waals surface area contributed by atoms with Crippen molar-refractivity contribution in [1.82, 2.24) is 16.0 Å². The van der Waals surface area contributed by atoms with E-state index < -0.39 is 12.2 Å². The highest BCUT2D eigenvalue weighted by Gasteiger charge is 2.23. The number of carbonyl (C=O) groups excluding carboxylic acids is 2. The van der Waals surface area contributed by atoms with E-state index in [-0.39, 0.29) is 25.1 Å². The molecule has 3 N–H and O–H groups in total. The van der Waals surface area contributed by atoms with Gasteiger partial charge in [-0.2, -0.15) is 0 Å². The van der Waals surface area contributed by atoms with Crippen LogP contribution in [0.1, 0.15) is 61.1 Å². The molecule has 216 valence electrons. The summed E-state index contributed by atoms with van der Waals surface area (Å²) in [5.74, 6) is 0.893. The molecule has 1 unspecified atom stereocenters. The summed E-state index contributed by atoms with van der Waals surface area (Å²) in [6, 6.07) is 5.61. The van der Waals surface area contributed by atoms with E-state index in [1.54, 1.807) is 6.07 Å². The van der Waals surface area contributed by atoms with E-state index in [0.717, 1.165) is 61.5 Å². The number of carbonyl (C=O) groups is 2. The average Bonchev–Trinajstić information content (AvgIpc) is 2.95. The summed E-state index contributed by atoms with van der Waals surface area (Å²) >= 11 is 6.37. The Kier molecular flexibility index (Phi) is 13.1. The largest absolute Gasteiger partial charge is 0.494 e. The van der Waals surface area contributed by atoms with Gasteiger partial charge in [0.25, 0.3) is 5.91 Å². The Morgan fingerprint density at radius 3 is 2.77 bits per heavy atom. The van der Waals surface area contributed by atoms with Gasteiger partial charge in [-0.25, -0.2) is 4.79 Å². The fraction of sp³-hybridized carbons (Fsp3) is 0.586. The van der Waals surface area contributed by atoms with E-state index in [9.17, 15) is 9.59 Å². The van der Waals surface area contributed by atoms with Gasteiger partial charge in [-0.3, -0.25) is 4.79 Å². The molecule has 0 radical (unpaired) electrons. The number of rotatable bonds is 14. The number of amides is 2. The van der Waals surface area contributed by atoms with Gasteiger partial charge < -0.3 is 34.9 Å². The molecular weight excluding hydrogens is 522 g/mol. The van der Waals surface area contributed by atoms with Crippen LogP contribution in [0.15, 0.2) is 41.0 Å². The molecule has 0 spiro atoms. The molecule has 1 aromatic rings. The summed E-state index contributed by atoms with van der Waals surface area (Å²) in [5, 5.41) is 9.78. The van der Waals surface area contributed by atoms with E-state index in [1.807, 2.05) is 32.2 Å². The van der Waals surface area contributed by atoms with Crippen LogP contribution in [-0.2, 0) is 14.2 Å². The highest BCUT2D eigenvalue weighted by molar-refractivity contribution is 6.29. The van der Waals surface area contributed by atoms with Gasteiger partial charge in [0.1, 0.15) is 11.9 Å². The zero-order valence-electron chi connectivity index (χ0n) is 23.2. The molecule has 1 aromatic carbocycles. The van der Waals surface area contributed by atoms with Crippen molar-refractivity contribution in [3.8, 4) is 5.75 Å². The maximum Gasteiger partial charge on any atom is 0.406 e. The van der Waals surface area contributed by atoms with Gasteiger partial charge in [-0.15, -0.1) is 0 Å². The van der Waals surface area contributed by atoms with Gasteiger partial charge in [0, 0.05) is 42.9 Å². The van der Waals surface area contributed by atoms with E-state index in [0.29, 0.717) is 30.4 Å². The molecule has 1 aliphatic carbocycles. The molecule has 0 bridgehead atoms. The number of nitrogens with one attached hydrogen (secondary N) is 3. The van der Waals surface area contributed by atoms with Crippen molar-refractivity contribution in [3.63, 3.8) is 0 Å². The number of likely N-dealkylation sites (N-methyl/N-ethyl adjacent to an activating group) is 1. The molecule has 39 heavy (non-hydrogen) atoms. The summed E-state index contributed by atoms with van der Waals surface area (Å²) in [5.41, 5.74) is 2.15. The first-order valence-corrected chi connectivity index (χ1v) is 14.1. The van der Waals surface area contributed by atoms with Gasteiger partial charge in [0.05, 0.1) is 20.3 Å². The second-order valence-corrected chi connectivity index (χ2v) is 10.2. The second-order valence-electron chi connectivity index (χ2n) is 9.74. The number of alkyl carbamates (subject to hydrolysis) is 1. The maximum atomic E-state index is 13.3. The first-order chi connectivity index (χ1) is 18.9. The van der Waals surface area contributed by atoms with Crippen LogP contribution in [0.25, 0.3) is 0 Å². The zero-order chi connectivity index (χ0) is 28.0. The zero-order valence-corrected chi connectivity index (χ0v) is 24.0. The third-order valence-electron chi connectivity index (χ3n) is 6.83. The Balaban J connectivity index is 1.77. The van der Waals surface area contributed by atoms with Crippen molar-refractivity contribution in [2.75, 3.05) is 53.7 Å². The molecule has 2 amide bonds. The highest BCUT2D eigenvalue weighted by Crippen LogP contribution is 2.34. The summed E-state index contributed by atoms with van der Waals surface area (Å²) in [7, 11) is 3.23. The molecule has 2 aliphatic rings. The molecule has 10 heteroatoms. The lowest BCUT2D eigenvalue weighted by molar-refractivity contribution is 0.0478. The first kappa shape index (κ1) is 30.9. The number of hydrogen-bond acceptors (Lipinski definition) is 7. The number of hydrogen-bond donors (Lipinski definition) is 3. The minimum atomic E-state index is -0.525. The average molecular weight is 564 g/mol. The van der Waals surface area contributed by atoms with Crippen LogP contribution in [-0.4, -0.2) is 71.7 Å². The SMILES string of the molecule is CCOc1cc(C(=O)NC[C@H](C[C@H]2CCCOC2)NC)cc(C(OCCNC(=O)OC)C2=CCCC(Cl)=C2)c1. The van der Waals surface area contributed by atoms with Crippen LogP contribution in [0, 0.1) is 5.92 Å². The summed E-state index contributed by atoms with van der Waals surface area (Å²) in [6.07, 6.45) is 7.71. The smallest absolute Gasteiger partial charge is 0.406 e. The third kappa shape index (κ3) is 10.1. The first-order valence-electron chi connectivity index (χ1n) is 13.7. The molecule has 9 nitrogen and oxygen atoms in total. The highest BCUT2D eigenvalue weighted by atomic mass is 35.5. The molecular formula is C29H42ClN3O6. The Hall–Kier alpha value is -2.59. The predicted molar refractivity (Wildman–Crippen MR) is 151 cm³/mol. The number of ether oxygens (including phenoxy) is 4. The fourth-order valence-corrected chi connectivity index (χ4v) is 5.06. The van der Waals surface area contributed by atoms with Crippen molar-refractivity contribution in [1.29, 1.82) is 0 Å². The number of halogens is 1. The lowest BCUT2D eigenvalue weighted by Gasteiger charge is -2.26. The molecule has 1 saturated heterocycles. The van der Waals surface area contributed by atoms with Crippen molar-refractivity contribution in [3.05, 3.63) is 52.1 Å². The van der Waals surface area contributed by atoms with Crippen LogP contribution in [0.4, 0.5) is 4.79 Å². The van der Waals surface area contributed by atoms with Crippen LogP contribution in [0.5, 0.6) is 5.75 Å². The summed E-state index contributed by atoms with van der Waals surface area (Å²) in [4.78, 5) is 24.8. The van der Waals surface area contributed by atoms with Crippen LogP contribution in [0.2, 0.25) is 0 Å². The van der Waals surface area contributed by atoms with Gasteiger partial charge in [-0.1, -0.05) is 17.7 Å². The quantitative estimate of drug-likeness (QED) is 0.287. The third-order valence-corrected chi connectivity index (χ3v) is 7.12. The minimum Gasteiger partial charge on any atom is -0.494 e. The van der Waals surface area contributed by atoms with Crippen molar-refractivity contribution in [2.24, 2.45) is 5.92 Å². The number of benzene rings is 1. The second kappa shape index (κ2) is 16.5. The predicted octanol–water partition coefficient (Wildman–Crippen LogP) is 4.48. The topological polar surface area (TPSA) is 107 Å². The van der Waals surface area contributed by atoms with E-state index in [2.05, 4.69) is 26.8 Å². The van der Waals surface area contributed by atoms with E-state index >= 15 is 0 Å². The Morgan fingerprint density at radius 2 is 2.08 bits per heavy atom. The maximum absolute atomic E-state index is 13.3. The molecule has 3 atom stereocenters. The van der Waals surface area contributed by atoms with Gasteiger partial charge in [0.2, 0.25) is 0 Å². The minimum absolute atomic E-state index is 0.147. The van der Waals surface area contributed by atoms with Crippen LogP contribution < -0.4 is 20.7 Å². The van der Waals surface area contributed by atoms with Crippen LogP contribution in [0.3, 0.4) is 0 Å². The van der Waals surface area contributed by atoms with Crippen LogP contribution >= 0.6 is 11.6 Å². The summed E-state index contributed by atoms with van der Waals surface area (Å²) in [6.45, 7) is 4.97. The number of allylic oxidation sites excluding steroid dienone is 2. The molecule has 1 fully saturated rings. The van der Waals surface area contributed by atoms with Gasteiger partial charge >= 0.3 is 6.09 Å². The normalized spacial score (nSPS) is 18.8. The Labute approximate surface area is 236 Å². The molecule has 0 saturated carbocycles. The lowest BCUT2D eigenvalue weighted by atomic mass is 9.94. The van der Waals surface area contributed by atoms with Gasteiger partial charge in [0.15, 0.2) is 0 Å². The molecule has 1 heterocycles. The summed E-state index contributed by atoms with van der Waals surface area (Å²) < 4.78 is 22.3. The molecule has 0 aromatic heterocycles. The lowest BCUT2D eigenvalue weighted by Crippen LogP contribution is -2.41. The standard InChI is InChI=1S/C29H42ClN3O6/c1-4-38-26-16-22(27(21-8-5-9-24(30)15-21)39-12-10-32-29(35)36-3)14-23(17-26)28(34)33-18-25(31-2)13-20-7-6-11-37-19-20/h8,14-17,20,25,27,31H,4-7,9-13,18-19H2,1-3H3,(H,32,35)(H,33,34)/t20-,25+,27?/m1/s1. The Bertz CT molecular complexity index is 1010. The van der Waals surface area contributed by atoms with Crippen molar-refractivity contribution < 1.29 is 28.5 Å². The monoisotopic (exact) mass is 563 g/mol. The van der Waals surface area contributed by atoms with E-state index in [1.165, 1.54) is 7.11 Å². The van der Waals surface area contributed by atoms with E-state index in [4.69, 9.17) is 25.8 Å². The molecule has 1 aliphatic heterocycles. The Morgan fingerprint density at radius 1 is 1.23 bits per heavy atom. The number of methoxy groups -OCH3 is 1.